The van der Waals surface area contributed by atoms with Crippen molar-refractivity contribution in [1.82, 2.24) is 9.62 Å². The fraction of sp³-hybridized carbons (Fsp3) is 0.261. The van der Waals surface area contributed by atoms with Crippen molar-refractivity contribution in [2.24, 2.45) is 0 Å². The lowest BCUT2D eigenvalue weighted by Gasteiger charge is -2.22. The average Bonchev–Trinajstić information content (AvgIpc) is 2.76. The maximum Gasteiger partial charge on any atom is 0.260 e. The van der Waals surface area contributed by atoms with Gasteiger partial charge < -0.3 is 14.8 Å². The lowest BCUT2D eigenvalue weighted by molar-refractivity contribution is 0.404. The van der Waals surface area contributed by atoms with Gasteiger partial charge in [-0.1, -0.05) is 36.4 Å². The third kappa shape index (κ3) is 7.27. The molecule has 0 aliphatic carbocycles. The molecule has 0 aromatic heterocycles. The molecular formula is C23H29N3O4S. The highest BCUT2D eigenvalue weighted by Gasteiger charge is 2.26. The summed E-state index contributed by atoms with van der Waals surface area (Å²) < 4.78 is 38.0. The molecule has 2 N–H and O–H groups in total. The summed E-state index contributed by atoms with van der Waals surface area (Å²) in [5.41, 5.74) is 2.48. The Bertz CT molecular complexity index is 964. The van der Waals surface area contributed by atoms with Crippen LogP contribution >= 0.6 is 0 Å². The number of nitrogens with one attached hydrogen (secondary N) is 2. The Kier molecular flexibility index (Phi) is 8.84. The summed E-state index contributed by atoms with van der Waals surface area (Å²) in [7, 11) is -0.876. The largest absolute Gasteiger partial charge is 0.497 e. The first-order valence-corrected chi connectivity index (χ1v) is 11.1. The van der Waals surface area contributed by atoms with E-state index in [0.717, 1.165) is 16.7 Å². The number of nitrogens with zero attached hydrogens (tertiary/aromatic N) is 1. The van der Waals surface area contributed by atoms with Gasteiger partial charge in [-0.05, 0) is 54.6 Å². The van der Waals surface area contributed by atoms with Gasteiger partial charge in [0.25, 0.3) is 10.0 Å². The Morgan fingerprint density at radius 1 is 1.00 bits per heavy atom. The van der Waals surface area contributed by atoms with Gasteiger partial charge in [0.1, 0.15) is 11.5 Å². The Balaban J connectivity index is 2.26. The zero-order valence-electron chi connectivity index (χ0n) is 18.1. The molecule has 166 valence electrons. The quantitative estimate of drug-likeness (QED) is 0.314. The van der Waals surface area contributed by atoms with E-state index in [9.17, 15) is 8.42 Å². The van der Waals surface area contributed by atoms with Crippen LogP contribution < -0.4 is 14.8 Å². The summed E-state index contributed by atoms with van der Waals surface area (Å²) in [4.78, 5) is 0. The summed E-state index contributed by atoms with van der Waals surface area (Å²) in [5, 5.41) is 10.6. The molecular weight excluding hydrogens is 414 g/mol. The second-order valence-electron chi connectivity index (χ2n) is 7.00. The molecule has 0 heterocycles. The molecule has 0 aliphatic rings. The summed E-state index contributed by atoms with van der Waals surface area (Å²) in [6, 6.07) is 14.3. The minimum Gasteiger partial charge on any atom is -0.497 e. The van der Waals surface area contributed by atoms with E-state index >= 15 is 0 Å². The van der Waals surface area contributed by atoms with Crippen molar-refractivity contribution in [3.8, 4) is 11.5 Å². The molecule has 0 spiro atoms. The van der Waals surface area contributed by atoms with E-state index in [1.807, 2.05) is 31.2 Å². The standard InChI is InChI=1S/C23H29N3O4S/c1-18(2)15-25-14-13-23(24)31(27,28)26(16-19-5-9-21(29-3)10-6-19)17-20-7-11-22(30-4)12-8-20/h5-14,24-25H,1,15-17H2,2-4H3/b14-13-,24-23?. The van der Waals surface area contributed by atoms with E-state index in [-0.39, 0.29) is 13.1 Å². The Hall–Kier alpha value is -3.10. The second-order valence-corrected chi connectivity index (χ2v) is 8.91. The van der Waals surface area contributed by atoms with Crippen LogP contribution in [0.1, 0.15) is 18.1 Å². The molecule has 0 amide bonds. The van der Waals surface area contributed by atoms with Crippen molar-refractivity contribution in [3.05, 3.63) is 84.1 Å². The molecule has 0 aliphatic heterocycles. The number of hydrogen-bond donors (Lipinski definition) is 2. The van der Waals surface area contributed by atoms with Gasteiger partial charge >= 0.3 is 0 Å². The molecule has 31 heavy (non-hydrogen) atoms. The van der Waals surface area contributed by atoms with Crippen molar-refractivity contribution in [3.63, 3.8) is 0 Å². The molecule has 0 radical (unpaired) electrons. The number of methoxy groups -OCH3 is 2. The van der Waals surface area contributed by atoms with Gasteiger partial charge in [0, 0.05) is 19.6 Å². The molecule has 7 nitrogen and oxygen atoms in total. The van der Waals surface area contributed by atoms with Gasteiger partial charge in [0.2, 0.25) is 0 Å². The predicted molar refractivity (Wildman–Crippen MR) is 124 cm³/mol. The second kappa shape index (κ2) is 11.3. The fourth-order valence-corrected chi connectivity index (χ4v) is 3.84. The highest BCUT2D eigenvalue weighted by molar-refractivity contribution is 8.04. The summed E-state index contributed by atoms with van der Waals surface area (Å²) in [5.74, 6) is 1.38. The van der Waals surface area contributed by atoms with Gasteiger partial charge in [-0.3, -0.25) is 5.41 Å². The van der Waals surface area contributed by atoms with Gasteiger partial charge in [0.05, 0.1) is 14.2 Å². The molecule has 0 bridgehead atoms. The van der Waals surface area contributed by atoms with Gasteiger partial charge in [-0.2, -0.15) is 4.31 Å². The monoisotopic (exact) mass is 443 g/mol. The van der Waals surface area contributed by atoms with Gasteiger partial charge in [-0.25, -0.2) is 8.42 Å². The van der Waals surface area contributed by atoms with Gasteiger partial charge in [-0.15, -0.1) is 0 Å². The van der Waals surface area contributed by atoms with E-state index in [4.69, 9.17) is 14.9 Å². The van der Waals surface area contributed by atoms with E-state index in [2.05, 4.69) is 11.9 Å². The lowest BCUT2D eigenvalue weighted by Crippen LogP contribution is -2.34. The Morgan fingerprint density at radius 2 is 1.45 bits per heavy atom. The van der Waals surface area contributed by atoms with E-state index < -0.39 is 15.1 Å². The van der Waals surface area contributed by atoms with Crippen LogP contribution in [0.2, 0.25) is 0 Å². The highest BCUT2D eigenvalue weighted by atomic mass is 32.2. The van der Waals surface area contributed by atoms with Crippen LogP contribution in [0, 0.1) is 5.41 Å². The molecule has 0 fully saturated rings. The summed E-state index contributed by atoms with van der Waals surface area (Å²) in [6.07, 6.45) is 2.70. The van der Waals surface area contributed by atoms with Crippen molar-refractivity contribution in [2.75, 3.05) is 20.8 Å². The molecule has 0 unspecified atom stereocenters. The first kappa shape index (κ1) is 24.2. The number of rotatable bonds is 11. The fourth-order valence-electron chi connectivity index (χ4n) is 2.69. The van der Waals surface area contributed by atoms with Crippen molar-refractivity contribution >= 4 is 15.1 Å². The number of ether oxygens (including phenoxy) is 2. The van der Waals surface area contributed by atoms with Crippen LogP contribution in [0.15, 0.2) is 73.0 Å². The molecule has 0 saturated heterocycles. The normalized spacial score (nSPS) is 11.5. The predicted octanol–water partition coefficient (Wildman–Crippen LogP) is 3.69. The third-order valence-corrected chi connectivity index (χ3v) is 6.04. The third-order valence-electron chi connectivity index (χ3n) is 4.41. The first-order chi connectivity index (χ1) is 14.8. The lowest BCUT2D eigenvalue weighted by atomic mass is 10.2. The Morgan fingerprint density at radius 3 is 1.84 bits per heavy atom. The first-order valence-electron chi connectivity index (χ1n) is 9.65. The van der Waals surface area contributed by atoms with Gasteiger partial charge in [0.15, 0.2) is 5.04 Å². The topological polar surface area (TPSA) is 91.7 Å². The number of hydrogen-bond acceptors (Lipinski definition) is 6. The molecule has 0 saturated carbocycles. The SMILES string of the molecule is C=C(C)CN/C=C\C(=N)S(=O)(=O)N(Cc1ccc(OC)cc1)Cc1ccc(OC)cc1. The van der Waals surface area contributed by atoms with Crippen LogP contribution in [0.4, 0.5) is 0 Å². The minimum absolute atomic E-state index is 0.119. The minimum atomic E-state index is -4.02. The average molecular weight is 444 g/mol. The van der Waals surface area contributed by atoms with Crippen LogP contribution in [-0.2, 0) is 23.1 Å². The highest BCUT2D eigenvalue weighted by Crippen LogP contribution is 2.20. The van der Waals surface area contributed by atoms with Crippen molar-refractivity contribution in [2.45, 2.75) is 20.0 Å². The van der Waals surface area contributed by atoms with Crippen LogP contribution in [0.25, 0.3) is 0 Å². The van der Waals surface area contributed by atoms with Crippen molar-refractivity contribution < 1.29 is 17.9 Å². The van der Waals surface area contributed by atoms with Crippen LogP contribution in [0.3, 0.4) is 0 Å². The summed E-state index contributed by atoms with van der Waals surface area (Å²) in [6.45, 7) is 6.37. The number of benzene rings is 2. The number of sulfonamides is 1. The maximum atomic E-state index is 13.2. The molecule has 8 heteroatoms. The zero-order valence-corrected chi connectivity index (χ0v) is 18.9. The molecule has 2 aromatic carbocycles. The van der Waals surface area contributed by atoms with E-state index in [0.29, 0.717) is 18.0 Å². The van der Waals surface area contributed by atoms with Crippen LogP contribution in [-0.4, -0.2) is 38.5 Å². The van der Waals surface area contributed by atoms with E-state index in [1.54, 1.807) is 38.5 Å². The zero-order chi connectivity index (χ0) is 22.9. The molecule has 2 rings (SSSR count). The van der Waals surface area contributed by atoms with Crippen LogP contribution in [0.5, 0.6) is 11.5 Å². The molecule has 2 aromatic rings. The maximum absolute atomic E-state index is 13.2. The molecule has 0 atom stereocenters. The van der Waals surface area contributed by atoms with Crippen molar-refractivity contribution in [1.29, 1.82) is 5.41 Å². The van der Waals surface area contributed by atoms with E-state index in [1.165, 1.54) is 16.6 Å². The smallest absolute Gasteiger partial charge is 0.260 e. The summed E-state index contributed by atoms with van der Waals surface area (Å²) >= 11 is 0. The Labute approximate surface area is 184 Å².